The number of halogens is 2. The van der Waals surface area contributed by atoms with Gasteiger partial charge in [0.25, 0.3) is 0 Å². The molecule has 0 radical (unpaired) electrons. The van der Waals surface area contributed by atoms with Crippen molar-refractivity contribution in [1.82, 2.24) is 0 Å². The van der Waals surface area contributed by atoms with Crippen molar-refractivity contribution in [1.29, 1.82) is 0 Å². The summed E-state index contributed by atoms with van der Waals surface area (Å²) < 4.78 is 26.7. The Bertz CT molecular complexity index is 644. The number of benzene rings is 2. The maximum absolute atomic E-state index is 13.6. The number of hydrogen-bond donors (Lipinski definition) is 1. The Kier molecular flexibility index (Phi) is 3.98. The van der Waals surface area contributed by atoms with Crippen molar-refractivity contribution in [2.45, 2.75) is 0 Å². The molecule has 0 amide bonds. The van der Waals surface area contributed by atoms with E-state index in [0.717, 1.165) is 18.2 Å². The van der Waals surface area contributed by atoms with Gasteiger partial charge in [-0.05, 0) is 30.3 Å². The van der Waals surface area contributed by atoms with E-state index in [2.05, 4.69) is 0 Å². The van der Waals surface area contributed by atoms with Crippen molar-refractivity contribution in [3.05, 3.63) is 59.7 Å². The molecule has 0 saturated heterocycles. The zero-order valence-corrected chi connectivity index (χ0v) is 10.8. The molecule has 20 heavy (non-hydrogen) atoms. The van der Waals surface area contributed by atoms with Crippen LogP contribution in [0.2, 0.25) is 0 Å². The van der Waals surface area contributed by atoms with Gasteiger partial charge in [-0.25, -0.2) is 8.78 Å². The van der Waals surface area contributed by atoms with E-state index in [-0.39, 0.29) is 23.5 Å². The summed E-state index contributed by atoms with van der Waals surface area (Å²) in [7, 11) is 1.55. The number of anilines is 1. The predicted molar refractivity (Wildman–Crippen MR) is 72.1 cm³/mol. The fourth-order valence-corrected chi connectivity index (χ4v) is 1.88. The molecule has 2 rings (SSSR count). The van der Waals surface area contributed by atoms with Gasteiger partial charge in [0.05, 0.1) is 17.8 Å². The number of likely N-dealkylation sites (N-methyl/N-ethyl adjacent to an activating group) is 1. The fraction of sp³-hybridized carbons (Fsp3) is 0.133. The van der Waals surface area contributed by atoms with Gasteiger partial charge in [-0.15, -0.1) is 0 Å². The zero-order valence-electron chi connectivity index (χ0n) is 10.8. The summed E-state index contributed by atoms with van der Waals surface area (Å²) in [5, 5.41) is 9.56. The summed E-state index contributed by atoms with van der Waals surface area (Å²) in [6.45, 7) is -0.169. The monoisotopic (exact) mass is 277 g/mol. The van der Waals surface area contributed by atoms with Crippen LogP contribution in [-0.4, -0.2) is 24.5 Å². The van der Waals surface area contributed by atoms with E-state index in [1.54, 1.807) is 19.2 Å². The molecule has 1 N–H and O–H groups in total. The predicted octanol–water partition coefficient (Wildman–Crippen LogP) is 2.99. The smallest absolute Gasteiger partial charge is 0.185 e. The summed E-state index contributed by atoms with van der Waals surface area (Å²) in [4.78, 5) is 13.4. The van der Waals surface area contributed by atoms with Crippen LogP contribution in [0.1, 0.15) is 10.4 Å². The lowest BCUT2D eigenvalue weighted by Crippen LogP contribution is -2.26. The standard InChI is InChI=1S/C15H13F2NO2/c1-18(13-5-3-2-4-12(13)17)9-15(20)11-8-10(16)6-7-14(11)19/h2-8,19H,9H2,1H3. The number of aromatic hydroxyl groups is 1. The van der Waals surface area contributed by atoms with Crippen molar-refractivity contribution in [2.75, 3.05) is 18.5 Å². The summed E-state index contributed by atoms with van der Waals surface area (Å²) in [5.74, 6) is -1.85. The molecule has 0 spiro atoms. The molecule has 0 aliphatic rings. The number of phenolic OH excluding ortho intramolecular Hbond substituents is 1. The Morgan fingerprint density at radius 1 is 1.20 bits per heavy atom. The SMILES string of the molecule is CN(CC(=O)c1cc(F)ccc1O)c1ccccc1F. The van der Waals surface area contributed by atoms with E-state index < -0.39 is 17.4 Å². The largest absolute Gasteiger partial charge is 0.507 e. The Morgan fingerprint density at radius 2 is 1.90 bits per heavy atom. The summed E-state index contributed by atoms with van der Waals surface area (Å²) >= 11 is 0. The van der Waals surface area contributed by atoms with Gasteiger partial charge in [0.1, 0.15) is 17.4 Å². The molecule has 0 saturated carbocycles. The first kappa shape index (κ1) is 14.0. The van der Waals surface area contributed by atoms with E-state index >= 15 is 0 Å². The molecule has 0 atom stereocenters. The average Bonchev–Trinajstić information content (AvgIpc) is 2.41. The number of Topliss-reactive ketones (excluding diaryl/α,β-unsaturated/α-hetero) is 1. The second kappa shape index (κ2) is 5.69. The molecule has 2 aromatic rings. The highest BCUT2D eigenvalue weighted by Gasteiger charge is 2.16. The Morgan fingerprint density at radius 3 is 2.60 bits per heavy atom. The molecule has 5 heteroatoms. The van der Waals surface area contributed by atoms with Crippen LogP contribution in [-0.2, 0) is 0 Å². The molecule has 0 fully saturated rings. The minimum absolute atomic E-state index is 0.117. The molecule has 3 nitrogen and oxygen atoms in total. The first-order valence-corrected chi connectivity index (χ1v) is 5.96. The van der Waals surface area contributed by atoms with Crippen molar-refractivity contribution in [3.8, 4) is 5.75 Å². The van der Waals surface area contributed by atoms with Crippen LogP contribution in [0, 0.1) is 11.6 Å². The van der Waals surface area contributed by atoms with Crippen LogP contribution < -0.4 is 4.90 Å². The van der Waals surface area contributed by atoms with Crippen molar-refractivity contribution < 1.29 is 18.7 Å². The number of hydrogen-bond acceptors (Lipinski definition) is 3. The highest BCUT2D eigenvalue weighted by Crippen LogP contribution is 2.21. The topological polar surface area (TPSA) is 40.5 Å². The number of carbonyl (C=O) groups is 1. The van der Waals surface area contributed by atoms with Gasteiger partial charge in [-0.3, -0.25) is 4.79 Å². The van der Waals surface area contributed by atoms with E-state index in [9.17, 15) is 18.7 Å². The molecular weight excluding hydrogens is 264 g/mol. The lowest BCUT2D eigenvalue weighted by atomic mass is 10.1. The van der Waals surface area contributed by atoms with E-state index in [1.165, 1.54) is 17.0 Å². The number of para-hydroxylation sites is 1. The van der Waals surface area contributed by atoms with Crippen molar-refractivity contribution >= 4 is 11.5 Å². The third-order valence-corrected chi connectivity index (χ3v) is 2.90. The minimum Gasteiger partial charge on any atom is -0.507 e. The number of nitrogens with zero attached hydrogens (tertiary/aromatic N) is 1. The summed E-state index contributed by atoms with van der Waals surface area (Å²) in [6, 6.07) is 9.17. The second-order valence-electron chi connectivity index (χ2n) is 4.39. The van der Waals surface area contributed by atoms with Gasteiger partial charge >= 0.3 is 0 Å². The quantitative estimate of drug-likeness (QED) is 0.873. The number of phenols is 1. The molecule has 104 valence electrons. The van der Waals surface area contributed by atoms with E-state index in [1.807, 2.05) is 0 Å². The minimum atomic E-state index is -0.611. The molecule has 0 unspecified atom stereocenters. The van der Waals surface area contributed by atoms with Crippen LogP contribution in [0.5, 0.6) is 5.75 Å². The van der Waals surface area contributed by atoms with E-state index in [0.29, 0.717) is 0 Å². The van der Waals surface area contributed by atoms with Gasteiger partial charge in [-0.2, -0.15) is 0 Å². The van der Waals surface area contributed by atoms with Gasteiger partial charge in [0, 0.05) is 7.05 Å². The third kappa shape index (κ3) is 2.93. The Labute approximate surface area is 115 Å². The van der Waals surface area contributed by atoms with Crippen LogP contribution in [0.25, 0.3) is 0 Å². The van der Waals surface area contributed by atoms with Crippen LogP contribution in [0.15, 0.2) is 42.5 Å². The van der Waals surface area contributed by atoms with Gasteiger partial charge in [0.2, 0.25) is 0 Å². The number of carbonyl (C=O) groups excluding carboxylic acids is 1. The van der Waals surface area contributed by atoms with Crippen LogP contribution >= 0.6 is 0 Å². The highest BCUT2D eigenvalue weighted by molar-refractivity contribution is 6.01. The Hall–Kier alpha value is -2.43. The zero-order chi connectivity index (χ0) is 14.7. The Balaban J connectivity index is 2.20. The van der Waals surface area contributed by atoms with Crippen molar-refractivity contribution in [3.63, 3.8) is 0 Å². The molecular formula is C15H13F2NO2. The van der Waals surface area contributed by atoms with E-state index in [4.69, 9.17) is 0 Å². The third-order valence-electron chi connectivity index (χ3n) is 2.90. The van der Waals surface area contributed by atoms with Crippen LogP contribution in [0.3, 0.4) is 0 Å². The van der Waals surface area contributed by atoms with Gasteiger partial charge in [0.15, 0.2) is 5.78 Å². The average molecular weight is 277 g/mol. The lowest BCUT2D eigenvalue weighted by Gasteiger charge is -2.19. The first-order valence-electron chi connectivity index (χ1n) is 5.96. The maximum atomic E-state index is 13.6. The lowest BCUT2D eigenvalue weighted by molar-refractivity contribution is 0.0997. The summed E-state index contributed by atoms with van der Waals surface area (Å²) in [5.41, 5.74) is 0.143. The molecule has 0 aliphatic carbocycles. The maximum Gasteiger partial charge on any atom is 0.185 e. The molecule has 2 aromatic carbocycles. The molecule has 0 heterocycles. The second-order valence-corrected chi connectivity index (χ2v) is 4.39. The van der Waals surface area contributed by atoms with Gasteiger partial charge in [-0.1, -0.05) is 12.1 Å². The summed E-state index contributed by atoms with van der Waals surface area (Å²) in [6.07, 6.45) is 0. The normalized spacial score (nSPS) is 10.3. The highest BCUT2D eigenvalue weighted by atomic mass is 19.1. The first-order chi connectivity index (χ1) is 9.49. The fourth-order valence-electron chi connectivity index (χ4n) is 1.88. The number of rotatable bonds is 4. The molecule has 0 bridgehead atoms. The van der Waals surface area contributed by atoms with Crippen molar-refractivity contribution in [2.24, 2.45) is 0 Å². The number of ketones is 1. The van der Waals surface area contributed by atoms with Gasteiger partial charge < -0.3 is 10.0 Å². The molecule has 0 aromatic heterocycles. The van der Waals surface area contributed by atoms with Crippen LogP contribution in [0.4, 0.5) is 14.5 Å². The molecule has 0 aliphatic heterocycles.